The number of hydrogen-bond acceptors (Lipinski definition) is 2. The molecule has 0 aliphatic carbocycles. The quantitative estimate of drug-likeness (QED) is 0.816. The largest absolute Gasteiger partial charge is 0.330 e. The van der Waals surface area contributed by atoms with E-state index in [4.69, 9.17) is 0 Å². The summed E-state index contributed by atoms with van der Waals surface area (Å²) in [6.07, 6.45) is 1.41. The fraction of sp³-hybridized carbons (Fsp3) is 0.231. The maximum absolute atomic E-state index is 13.7. The van der Waals surface area contributed by atoms with Crippen LogP contribution in [0.4, 0.5) is 8.78 Å². The second-order valence-corrected chi connectivity index (χ2v) is 3.76. The number of aromatic nitrogens is 1. The highest BCUT2D eigenvalue weighted by Gasteiger charge is 2.39. The maximum Gasteiger partial charge on any atom is 0.330 e. The fourth-order valence-corrected chi connectivity index (χ4v) is 1.65. The molecule has 2 nitrogen and oxygen atoms in total. The Balaban J connectivity index is 2.53. The minimum Gasteiger partial charge on any atom is -0.293 e. The molecule has 0 amide bonds. The number of Topliss-reactive ketones (excluding diaryl/α,β-unsaturated/α-hetero) is 1. The molecular weight excluding hydrogens is 224 g/mol. The summed E-state index contributed by atoms with van der Waals surface area (Å²) in [7, 11) is 0. The highest BCUT2D eigenvalue weighted by molar-refractivity contribution is 5.88. The normalized spacial score (nSPS) is 11.7. The highest BCUT2D eigenvalue weighted by Crippen LogP contribution is 2.31. The number of carbonyl (C=O) groups excluding carboxylic acids is 1. The van der Waals surface area contributed by atoms with Gasteiger partial charge in [0.2, 0.25) is 5.78 Å². The third-order valence-electron chi connectivity index (χ3n) is 2.64. The van der Waals surface area contributed by atoms with Crippen molar-refractivity contribution in [3.8, 4) is 0 Å². The zero-order valence-electron chi connectivity index (χ0n) is 9.28. The van der Waals surface area contributed by atoms with Crippen LogP contribution in [0.3, 0.4) is 0 Å². The van der Waals surface area contributed by atoms with Gasteiger partial charge in [-0.15, -0.1) is 0 Å². The molecule has 2 aromatic rings. The third kappa shape index (κ3) is 2.02. The lowest BCUT2D eigenvalue weighted by Gasteiger charge is -2.14. The summed E-state index contributed by atoms with van der Waals surface area (Å²) in [6.45, 7) is 1.43. The van der Waals surface area contributed by atoms with Crippen molar-refractivity contribution in [2.45, 2.75) is 19.3 Å². The molecule has 0 saturated carbocycles. The van der Waals surface area contributed by atoms with E-state index in [1.165, 1.54) is 25.1 Å². The van der Waals surface area contributed by atoms with Crippen molar-refractivity contribution in [3.05, 3.63) is 42.1 Å². The molecule has 1 aromatic heterocycles. The minimum atomic E-state index is -3.42. The van der Waals surface area contributed by atoms with E-state index in [1.54, 1.807) is 18.3 Å². The fourth-order valence-electron chi connectivity index (χ4n) is 1.65. The van der Waals surface area contributed by atoms with Crippen LogP contribution in [0.1, 0.15) is 18.9 Å². The van der Waals surface area contributed by atoms with Gasteiger partial charge in [0, 0.05) is 23.6 Å². The summed E-state index contributed by atoms with van der Waals surface area (Å²) < 4.78 is 27.4. The molecule has 0 aliphatic heterocycles. The van der Waals surface area contributed by atoms with Crippen LogP contribution in [-0.4, -0.2) is 10.8 Å². The topological polar surface area (TPSA) is 30.0 Å². The number of carbonyl (C=O) groups is 1. The Morgan fingerprint density at radius 1 is 1.35 bits per heavy atom. The van der Waals surface area contributed by atoms with Gasteiger partial charge in [-0.1, -0.05) is 19.1 Å². The van der Waals surface area contributed by atoms with Crippen molar-refractivity contribution >= 4 is 16.7 Å². The van der Waals surface area contributed by atoms with Gasteiger partial charge < -0.3 is 0 Å². The molecule has 0 spiro atoms. The Bertz CT molecular complexity index is 566. The van der Waals surface area contributed by atoms with Crippen LogP contribution in [0.5, 0.6) is 0 Å². The number of benzene rings is 1. The van der Waals surface area contributed by atoms with E-state index in [2.05, 4.69) is 4.98 Å². The van der Waals surface area contributed by atoms with Crippen LogP contribution in [0.25, 0.3) is 10.9 Å². The second kappa shape index (κ2) is 4.20. The molecule has 4 heteroatoms. The van der Waals surface area contributed by atoms with Gasteiger partial charge in [-0.05, 0) is 18.2 Å². The zero-order chi connectivity index (χ0) is 12.5. The number of fused-ring (bicyclic) bond motifs is 1. The lowest BCUT2D eigenvalue weighted by Crippen LogP contribution is -2.25. The van der Waals surface area contributed by atoms with E-state index >= 15 is 0 Å². The van der Waals surface area contributed by atoms with Crippen molar-refractivity contribution in [1.82, 2.24) is 4.98 Å². The van der Waals surface area contributed by atoms with Crippen LogP contribution in [-0.2, 0) is 10.7 Å². The Kier molecular flexibility index (Phi) is 2.88. The van der Waals surface area contributed by atoms with Crippen molar-refractivity contribution in [3.63, 3.8) is 0 Å². The molecule has 0 fully saturated rings. The summed E-state index contributed by atoms with van der Waals surface area (Å²) in [6, 6.07) is 7.44. The van der Waals surface area contributed by atoms with Gasteiger partial charge in [-0.3, -0.25) is 9.78 Å². The lowest BCUT2D eigenvalue weighted by molar-refractivity contribution is -0.144. The summed E-state index contributed by atoms with van der Waals surface area (Å²) in [5, 5.41) is 0.605. The molecule has 0 bridgehead atoms. The number of hydrogen-bond donors (Lipinski definition) is 0. The number of pyridine rings is 1. The number of alkyl halides is 2. The van der Waals surface area contributed by atoms with E-state index in [0.29, 0.717) is 10.9 Å². The molecular formula is C13H11F2NO. The van der Waals surface area contributed by atoms with Gasteiger partial charge in [-0.25, -0.2) is 0 Å². The van der Waals surface area contributed by atoms with E-state index < -0.39 is 11.7 Å². The van der Waals surface area contributed by atoms with Crippen molar-refractivity contribution < 1.29 is 13.6 Å². The van der Waals surface area contributed by atoms with Crippen LogP contribution in [0, 0.1) is 0 Å². The summed E-state index contributed by atoms with van der Waals surface area (Å²) in [5.41, 5.74) is 0.362. The summed E-state index contributed by atoms with van der Waals surface area (Å²) in [5.74, 6) is -4.49. The first-order valence-electron chi connectivity index (χ1n) is 5.32. The zero-order valence-corrected chi connectivity index (χ0v) is 9.28. The predicted octanol–water partition coefficient (Wildman–Crippen LogP) is 3.31. The minimum absolute atomic E-state index is 0.182. The second-order valence-electron chi connectivity index (χ2n) is 3.76. The molecule has 0 radical (unpaired) electrons. The van der Waals surface area contributed by atoms with E-state index in [0.717, 1.165) is 0 Å². The first-order valence-corrected chi connectivity index (χ1v) is 5.32. The summed E-state index contributed by atoms with van der Waals surface area (Å²) in [4.78, 5) is 15.2. The molecule has 0 atom stereocenters. The van der Waals surface area contributed by atoms with Crippen molar-refractivity contribution in [1.29, 1.82) is 0 Å². The van der Waals surface area contributed by atoms with Gasteiger partial charge in [0.15, 0.2) is 0 Å². The van der Waals surface area contributed by atoms with Gasteiger partial charge in [0.1, 0.15) is 0 Å². The molecule has 2 rings (SSSR count). The van der Waals surface area contributed by atoms with E-state index in [-0.39, 0.29) is 12.0 Å². The molecule has 1 heterocycles. The van der Waals surface area contributed by atoms with Crippen molar-refractivity contribution in [2.24, 2.45) is 0 Å². The average Bonchev–Trinajstić information content (AvgIpc) is 2.37. The third-order valence-corrected chi connectivity index (χ3v) is 2.64. The van der Waals surface area contributed by atoms with Crippen LogP contribution in [0.15, 0.2) is 36.5 Å². The van der Waals surface area contributed by atoms with Gasteiger partial charge in [-0.2, -0.15) is 8.78 Å². The molecule has 0 aliphatic rings. The van der Waals surface area contributed by atoms with Crippen molar-refractivity contribution in [2.75, 3.05) is 0 Å². The Morgan fingerprint density at radius 3 is 2.82 bits per heavy atom. The van der Waals surface area contributed by atoms with E-state index in [9.17, 15) is 13.6 Å². The van der Waals surface area contributed by atoms with Crippen LogP contribution < -0.4 is 0 Å². The smallest absolute Gasteiger partial charge is 0.293 e. The number of halogens is 2. The molecule has 1 aromatic carbocycles. The molecule has 0 unspecified atom stereocenters. The standard InChI is InChI=1S/C13H11F2NO/c1-2-12(17)13(14,15)10-5-6-11-9(8-10)4-3-7-16-11/h3-8H,2H2,1H3. The van der Waals surface area contributed by atoms with Gasteiger partial charge >= 0.3 is 5.92 Å². The Labute approximate surface area is 97.3 Å². The predicted molar refractivity (Wildman–Crippen MR) is 60.9 cm³/mol. The highest BCUT2D eigenvalue weighted by atomic mass is 19.3. The lowest BCUT2D eigenvalue weighted by atomic mass is 10.0. The average molecular weight is 235 g/mol. The van der Waals surface area contributed by atoms with Gasteiger partial charge in [0.25, 0.3) is 0 Å². The number of rotatable bonds is 3. The Hall–Kier alpha value is -1.84. The molecule has 0 saturated heterocycles. The number of ketones is 1. The Morgan fingerprint density at radius 2 is 2.12 bits per heavy atom. The van der Waals surface area contributed by atoms with E-state index in [1.807, 2.05) is 0 Å². The van der Waals surface area contributed by atoms with Crippen LogP contribution >= 0.6 is 0 Å². The number of nitrogens with zero attached hydrogens (tertiary/aromatic N) is 1. The first kappa shape index (κ1) is 11.6. The molecule has 0 N–H and O–H groups in total. The summed E-state index contributed by atoms with van der Waals surface area (Å²) >= 11 is 0. The van der Waals surface area contributed by atoms with Crippen LogP contribution in [0.2, 0.25) is 0 Å². The maximum atomic E-state index is 13.7. The molecule has 88 valence electrons. The molecule has 17 heavy (non-hydrogen) atoms. The van der Waals surface area contributed by atoms with Gasteiger partial charge in [0.05, 0.1) is 5.52 Å². The monoisotopic (exact) mass is 235 g/mol. The first-order chi connectivity index (χ1) is 8.05. The SMILES string of the molecule is CCC(=O)C(F)(F)c1ccc2ncccc2c1.